The summed E-state index contributed by atoms with van der Waals surface area (Å²) in [5.41, 5.74) is 3.51. The predicted molar refractivity (Wildman–Crippen MR) is 114 cm³/mol. The molecule has 1 unspecified atom stereocenters. The Hall–Kier alpha value is -2.11. The van der Waals surface area contributed by atoms with Crippen LogP contribution in [0.25, 0.3) is 11.3 Å². The summed E-state index contributed by atoms with van der Waals surface area (Å²) in [6, 6.07) is 12.8. The van der Waals surface area contributed by atoms with Gasteiger partial charge in [-0.2, -0.15) is 0 Å². The highest BCUT2D eigenvalue weighted by atomic mass is 35.5. The number of rotatable bonds is 5. The van der Waals surface area contributed by atoms with Crippen LogP contribution in [0.1, 0.15) is 24.8 Å². The molecule has 3 aromatic rings. The quantitative estimate of drug-likeness (QED) is 0.575. The Morgan fingerprint density at radius 1 is 1.19 bits per heavy atom. The Labute approximate surface area is 170 Å². The van der Waals surface area contributed by atoms with Crippen molar-refractivity contribution in [2.75, 3.05) is 18.1 Å². The van der Waals surface area contributed by atoms with Gasteiger partial charge in [0.15, 0.2) is 5.13 Å². The summed E-state index contributed by atoms with van der Waals surface area (Å²) in [5.74, 6) is 0.831. The van der Waals surface area contributed by atoms with Gasteiger partial charge in [-0.1, -0.05) is 29.8 Å². The maximum Gasteiger partial charge on any atom is 0.186 e. The number of pyridine rings is 1. The molecular weight excluding hydrogens is 378 g/mol. The Kier molecular flexibility index (Phi) is 6.69. The third-order valence-corrected chi connectivity index (χ3v) is 5.67. The lowest BCUT2D eigenvalue weighted by atomic mass is 10.0. The molecule has 1 aromatic carbocycles. The molecule has 0 bridgehead atoms. The van der Waals surface area contributed by atoms with Crippen molar-refractivity contribution in [3.05, 3.63) is 59.7 Å². The van der Waals surface area contributed by atoms with E-state index in [2.05, 4.69) is 46.5 Å². The van der Waals surface area contributed by atoms with Crippen molar-refractivity contribution in [2.45, 2.75) is 32.2 Å². The number of hydrogen-bond donors (Lipinski definition) is 0. The number of piperidine rings is 1. The van der Waals surface area contributed by atoms with Gasteiger partial charge in [-0.25, -0.2) is 4.98 Å². The van der Waals surface area contributed by atoms with E-state index < -0.39 is 0 Å². The first-order valence-corrected chi connectivity index (χ1v) is 9.99. The number of thiazole rings is 1. The van der Waals surface area contributed by atoms with Crippen molar-refractivity contribution in [3.63, 3.8) is 0 Å². The highest BCUT2D eigenvalue weighted by Gasteiger charge is 2.25. The molecule has 1 aliphatic rings. The summed E-state index contributed by atoms with van der Waals surface area (Å²) in [4.78, 5) is 11.5. The van der Waals surface area contributed by atoms with E-state index in [4.69, 9.17) is 9.72 Å². The first kappa shape index (κ1) is 19.6. The number of aryl methyl sites for hydroxylation is 1. The lowest BCUT2D eigenvalue weighted by Gasteiger charge is -2.35. The van der Waals surface area contributed by atoms with E-state index in [-0.39, 0.29) is 12.4 Å². The summed E-state index contributed by atoms with van der Waals surface area (Å²) in [6.45, 7) is 3.82. The Bertz CT molecular complexity index is 838. The van der Waals surface area contributed by atoms with Crippen LogP contribution in [0, 0.1) is 6.92 Å². The monoisotopic (exact) mass is 401 g/mol. The normalized spacial score (nSPS) is 16.6. The first-order valence-electron chi connectivity index (χ1n) is 9.11. The number of aromatic nitrogens is 2. The molecule has 0 N–H and O–H groups in total. The molecule has 1 saturated heterocycles. The van der Waals surface area contributed by atoms with Crippen LogP contribution in [0.3, 0.4) is 0 Å². The molecule has 0 aliphatic carbocycles. The molecule has 142 valence electrons. The van der Waals surface area contributed by atoms with Gasteiger partial charge in [-0.05, 0) is 38.3 Å². The first-order chi connectivity index (χ1) is 12.8. The summed E-state index contributed by atoms with van der Waals surface area (Å²) in [6.07, 6.45) is 7.13. The lowest BCUT2D eigenvalue weighted by molar-refractivity contribution is 0.259. The molecule has 0 saturated carbocycles. The second-order valence-electron chi connectivity index (χ2n) is 6.72. The van der Waals surface area contributed by atoms with Crippen LogP contribution >= 0.6 is 23.7 Å². The van der Waals surface area contributed by atoms with Gasteiger partial charge in [0.1, 0.15) is 12.4 Å². The van der Waals surface area contributed by atoms with Crippen LogP contribution in [0.4, 0.5) is 5.13 Å². The van der Waals surface area contributed by atoms with Crippen LogP contribution in [-0.4, -0.2) is 29.2 Å². The van der Waals surface area contributed by atoms with E-state index in [0.29, 0.717) is 12.6 Å². The summed E-state index contributed by atoms with van der Waals surface area (Å²) in [5, 5.41) is 3.26. The van der Waals surface area contributed by atoms with E-state index in [0.717, 1.165) is 29.5 Å². The molecule has 4 rings (SSSR count). The molecule has 0 spiro atoms. The topological polar surface area (TPSA) is 38.2 Å². The molecule has 0 radical (unpaired) electrons. The van der Waals surface area contributed by atoms with Gasteiger partial charge in [0.05, 0.1) is 17.9 Å². The fraction of sp³-hybridized carbons (Fsp3) is 0.333. The van der Waals surface area contributed by atoms with Crippen LogP contribution < -0.4 is 9.64 Å². The van der Waals surface area contributed by atoms with Gasteiger partial charge in [-0.3, -0.25) is 4.98 Å². The van der Waals surface area contributed by atoms with Gasteiger partial charge < -0.3 is 9.64 Å². The Morgan fingerprint density at radius 2 is 2.04 bits per heavy atom. The summed E-state index contributed by atoms with van der Waals surface area (Å²) < 4.78 is 5.97. The smallest absolute Gasteiger partial charge is 0.186 e. The minimum absolute atomic E-state index is 0. The van der Waals surface area contributed by atoms with Crippen molar-refractivity contribution < 1.29 is 4.74 Å². The Morgan fingerprint density at radius 3 is 2.81 bits per heavy atom. The fourth-order valence-electron chi connectivity index (χ4n) is 3.30. The third kappa shape index (κ3) is 4.79. The van der Waals surface area contributed by atoms with E-state index >= 15 is 0 Å². The molecule has 1 fully saturated rings. The highest BCUT2D eigenvalue weighted by molar-refractivity contribution is 7.14. The van der Waals surface area contributed by atoms with Crippen LogP contribution in [0.2, 0.25) is 0 Å². The summed E-state index contributed by atoms with van der Waals surface area (Å²) in [7, 11) is 0. The number of hydrogen-bond acceptors (Lipinski definition) is 5. The molecule has 2 aromatic heterocycles. The SMILES string of the molecule is Cc1ccc(-c2csc(N3CCCCC3COc3cccnc3)n2)cc1.Cl. The minimum Gasteiger partial charge on any atom is -0.490 e. The number of anilines is 1. The molecule has 3 heterocycles. The molecule has 1 atom stereocenters. The highest BCUT2D eigenvalue weighted by Crippen LogP contribution is 2.32. The van der Waals surface area contributed by atoms with Gasteiger partial charge >= 0.3 is 0 Å². The zero-order valence-electron chi connectivity index (χ0n) is 15.4. The van der Waals surface area contributed by atoms with E-state index in [1.807, 2.05) is 12.1 Å². The summed E-state index contributed by atoms with van der Waals surface area (Å²) >= 11 is 1.73. The average Bonchev–Trinajstić information content (AvgIpc) is 3.18. The van der Waals surface area contributed by atoms with Crippen LogP contribution in [0.5, 0.6) is 5.75 Å². The number of nitrogens with zero attached hydrogens (tertiary/aromatic N) is 3. The third-order valence-electron chi connectivity index (χ3n) is 4.79. The largest absolute Gasteiger partial charge is 0.490 e. The van der Waals surface area contributed by atoms with Crippen molar-refractivity contribution in [3.8, 4) is 17.0 Å². The van der Waals surface area contributed by atoms with Gasteiger partial charge in [0, 0.05) is 23.7 Å². The zero-order valence-corrected chi connectivity index (χ0v) is 17.0. The molecule has 1 aliphatic heterocycles. The number of halogens is 1. The predicted octanol–water partition coefficient (Wildman–Crippen LogP) is 5.37. The van der Waals surface area contributed by atoms with Gasteiger partial charge in [-0.15, -0.1) is 23.7 Å². The van der Waals surface area contributed by atoms with Crippen molar-refractivity contribution in [2.24, 2.45) is 0 Å². The van der Waals surface area contributed by atoms with Crippen molar-refractivity contribution in [1.29, 1.82) is 0 Å². The molecule has 0 amide bonds. The van der Waals surface area contributed by atoms with Gasteiger partial charge in [0.2, 0.25) is 0 Å². The molecule has 27 heavy (non-hydrogen) atoms. The average molecular weight is 402 g/mol. The van der Waals surface area contributed by atoms with Gasteiger partial charge in [0.25, 0.3) is 0 Å². The maximum atomic E-state index is 5.97. The van der Waals surface area contributed by atoms with Crippen LogP contribution in [0.15, 0.2) is 54.2 Å². The van der Waals surface area contributed by atoms with E-state index in [1.165, 1.54) is 24.0 Å². The minimum atomic E-state index is 0. The van der Waals surface area contributed by atoms with E-state index in [9.17, 15) is 0 Å². The standard InChI is InChI=1S/C21H23N3OS.ClH/c1-16-7-9-17(10-8-16)20-15-26-21(23-20)24-12-3-2-5-18(24)14-25-19-6-4-11-22-13-19;/h4,6-11,13,15,18H,2-3,5,12,14H2,1H3;1H. The Balaban J connectivity index is 0.00000210. The molecular formula is C21H24ClN3OS. The fourth-order valence-corrected chi connectivity index (χ4v) is 4.24. The van der Waals surface area contributed by atoms with E-state index in [1.54, 1.807) is 23.7 Å². The lowest BCUT2D eigenvalue weighted by Crippen LogP contribution is -2.43. The molecule has 4 nitrogen and oxygen atoms in total. The number of benzene rings is 1. The zero-order chi connectivity index (χ0) is 17.8. The van der Waals surface area contributed by atoms with Crippen LogP contribution in [-0.2, 0) is 0 Å². The maximum absolute atomic E-state index is 5.97. The van der Waals surface area contributed by atoms with Crippen molar-refractivity contribution in [1.82, 2.24) is 9.97 Å². The second-order valence-corrected chi connectivity index (χ2v) is 7.56. The molecule has 6 heteroatoms. The second kappa shape index (κ2) is 9.20. The number of ether oxygens (including phenoxy) is 1. The van der Waals surface area contributed by atoms with Crippen molar-refractivity contribution >= 4 is 28.9 Å².